The van der Waals surface area contributed by atoms with Crippen molar-refractivity contribution in [3.63, 3.8) is 0 Å². The molecule has 20 heavy (non-hydrogen) atoms. The number of phenols is 1. The third-order valence-electron chi connectivity index (χ3n) is 3.16. The van der Waals surface area contributed by atoms with E-state index < -0.39 is 0 Å². The molecule has 3 rings (SSSR count). The van der Waals surface area contributed by atoms with Gasteiger partial charge in [0.15, 0.2) is 0 Å². The van der Waals surface area contributed by atoms with Crippen molar-refractivity contribution in [2.45, 2.75) is 6.61 Å². The number of aromatic hydroxyl groups is 1. The van der Waals surface area contributed by atoms with Crippen LogP contribution in [0.15, 0.2) is 65.1 Å². The van der Waals surface area contributed by atoms with Gasteiger partial charge in [0.1, 0.15) is 18.1 Å². The second-order valence-corrected chi connectivity index (χ2v) is 5.35. The Hall–Kier alpha value is -2.00. The highest BCUT2D eigenvalue weighted by Gasteiger charge is 2.06. The first-order valence-electron chi connectivity index (χ1n) is 6.32. The van der Waals surface area contributed by atoms with Crippen LogP contribution >= 0.6 is 15.9 Å². The number of ether oxygens (including phenoxy) is 1. The van der Waals surface area contributed by atoms with Crippen molar-refractivity contribution in [3.05, 3.63) is 70.7 Å². The van der Waals surface area contributed by atoms with Crippen molar-refractivity contribution in [3.8, 4) is 11.5 Å². The Morgan fingerprint density at radius 3 is 2.45 bits per heavy atom. The maximum Gasteiger partial charge on any atom is 0.134 e. The van der Waals surface area contributed by atoms with Crippen molar-refractivity contribution in [2.75, 3.05) is 0 Å². The summed E-state index contributed by atoms with van der Waals surface area (Å²) in [7, 11) is 0. The van der Waals surface area contributed by atoms with Crippen molar-refractivity contribution < 1.29 is 9.84 Å². The van der Waals surface area contributed by atoms with Gasteiger partial charge in [-0.2, -0.15) is 0 Å². The summed E-state index contributed by atoms with van der Waals surface area (Å²) in [6.07, 6.45) is 0. The number of halogens is 1. The smallest absolute Gasteiger partial charge is 0.134 e. The van der Waals surface area contributed by atoms with E-state index in [-0.39, 0.29) is 5.75 Å². The molecule has 0 saturated carbocycles. The average Bonchev–Trinajstić information content (AvgIpc) is 2.49. The van der Waals surface area contributed by atoms with Crippen LogP contribution in [0.2, 0.25) is 0 Å². The highest BCUT2D eigenvalue weighted by molar-refractivity contribution is 9.10. The summed E-state index contributed by atoms with van der Waals surface area (Å²) in [6.45, 7) is 0.469. The van der Waals surface area contributed by atoms with Gasteiger partial charge in [0.2, 0.25) is 0 Å². The van der Waals surface area contributed by atoms with E-state index in [0.29, 0.717) is 6.61 Å². The summed E-state index contributed by atoms with van der Waals surface area (Å²) in [5, 5.41) is 11.6. The van der Waals surface area contributed by atoms with E-state index in [0.717, 1.165) is 21.2 Å². The molecule has 0 saturated heterocycles. The van der Waals surface area contributed by atoms with E-state index in [1.54, 1.807) is 12.1 Å². The molecule has 0 aliphatic carbocycles. The summed E-state index contributed by atoms with van der Waals surface area (Å²) in [5.74, 6) is 1.08. The molecule has 3 heteroatoms. The Morgan fingerprint density at radius 2 is 1.65 bits per heavy atom. The fourth-order valence-electron chi connectivity index (χ4n) is 2.08. The molecule has 1 N–H and O–H groups in total. The zero-order valence-electron chi connectivity index (χ0n) is 10.7. The third-order valence-corrected chi connectivity index (χ3v) is 3.98. The highest BCUT2D eigenvalue weighted by Crippen LogP contribution is 2.33. The van der Waals surface area contributed by atoms with Crippen LogP contribution in [0.25, 0.3) is 10.8 Å². The molecule has 0 fully saturated rings. The molecule has 0 bridgehead atoms. The number of benzene rings is 3. The van der Waals surface area contributed by atoms with Gasteiger partial charge in [-0.15, -0.1) is 0 Å². The van der Waals surface area contributed by atoms with Crippen molar-refractivity contribution >= 4 is 26.7 Å². The van der Waals surface area contributed by atoms with Crippen LogP contribution in [0.3, 0.4) is 0 Å². The molecule has 0 aliphatic heterocycles. The van der Waals surface area contributed by atoms with Gasteiger partial charge in [-0.05, 0) is 50.5 Å². The van der Waals surface area contributed by atoms with E-state index in [9.17, 15) is 5.11 Å². The lowest BCUT2D eigenvalue weighted by atomic mass is 10.1. The zero-order chi connectivity index (χ0) is 13.9. The highest BCUT2D eigenvalue weighted by atomic mass is 79.9. The number of hydrogen-bond donors (Lipinski definition) is 1. The lowest BCUT2D eigenvalue weighted by molar-refractivity contribution is 0.304. The van der Waals surface area contributed by atoms with Gasteiger partial charge in [0.25, 0.3) is 0 Å². The molecule has 0 amide bonds. The SMILES string of the molecule is Oc1ccc(COc2ccc3ccccc3c2Br)cc1. The fourth-order valence-corrected chi connectivity index (χ4v) is 2.69. The van der Waals surface area contributed by atoms with Crippen LogP contribution in [0.4, 0.5) is 0 Å². The Balaban J connectivity index is 1.84. The van der Waals surface area contributed by atoms with Crippen LogP contribution < -0.4 is 4.74 Å². The number of rotatable bonds is 3. The van der Waals surface area contributed by atoms with Crippen LogP contribution in [-0.2, 0) is 6.61 Å². The standard InChI is InChI=1S/C17H13BrO2/c18-17-15-4-2-1-3-13(15)7-10-16(17)20-11-12-5-8-14(19)9-6-12/h1-10,19H,11H2. The number of fused-ring (bicyclic) bond motifs is 1. The summed E-state index contributed by atoms with van der Waals surface area (Å²) in [4.78, 5) is 0. The molecule has 100 valence electrons. The molecule has 0 aliphatic rings. The average molecular weight is 329 g/mol. The van der Waals surface area contributed by atoms with E-state index in [1.807, 2.05) is 36.4 Å². The first-order chi connectivity index (χ1) is 9.74. The van der Waals surface area contributed by atoms with Crippen molar-refractivity contribution in [1.82, 2.24) is 0 Å². The summed E-state index contributed by atoms with van der Waals surface area (Å²) in [5.41, 5.74) is 1.02. The van der Waals surface area contributed by atoms with Crippen LogP contribution in [0.5, 0.6) is 11.5 Å². The van der Waals surface area contributed by atoms with E-state index in [2.05, 4.69) is 28.1 Å². The zero-order valence-corrected chi connectivity index (χ0v) is 12.3. The predicted octanol–water partition coefficient (Wildman–Crippen LogP) is 4.89. The van der Waals surface area contributed by atoms with Crippen molar-refractivity contribution in [2.24, 2.45) is 0 Å². The molecule has 0 aromatic heterocycles. The first kappa shape index (κ1) is 13.0. The largest absolute Gasteiger partial charge is 0.508 e. The quantitative estimate of drug-likeness (QED) is 0.741. The van der Waals surface area contributed by atoms with E-state index in [1.165, 1.54) is 5.39 Å². The van der Waals surface area contributed by atoms with Gasteiger partial charge in [-0.1, -0.05) is 42.5 Å². The van der Waals surface area contributed by atoms with Gasteiger partial charge >= 0.3 is 0 Å². The fraction of sp³-hybridized carbons (Fsp3) is 0.0588. The summed E-state index contributed by atoms with van der Waals surface area (Å²) in [6, 6.07) is 19.2. The number of hydrogen-bond acceptors (Lipinski definition) is 2. The predicted molar refractivity (Wildman–Crippen MR) is 84.1 cm³/mol. The van der Waals surface area contributed by atoms with Crippen LogP contribution in [-0.4, -0.2) is 5.11 Å². The summed E-state index contributed by atoms with van der Waals surface area (Å²) < 4.78 is 6.81. The topological polar surface area (TPSA) is 29.5 Å². The second kappa shape index (κ2) is 5.55. The minimum absolute atomic E-state index is 0.264. The molecule has 2 nitrogen and oxygen atoms in total. The van der Waals surface area contributed by atoms with Gasteiger partial charge in [0.05, 0.1) is 4.47 Å². The Bertz CT molecular complexity index is 736. The normalized spacial score (nSPS) is 10.7. The van der Waals surface area contributed by atoms with Gasteiger partial charge < -0.3 is 9.84 Å². The molecule has 0 spiro atoms. The molecule has 0 unspecified atom stereocenters. The van der Waals surface area contributed by atoms with E-state index >= 15 is 0 Å². The molecule has 0 radical (unpaired) electrons. The monoisotopic (exact) mass is 328 g/mol. The van der Waals surface area contributed by atoms with Gasteiger partial charge in [-0.25, -0.2) is 0 Å². The molecule has 3 aromatic carbocycles. The summed E-state index contributed by atoms with van der Waals surface area (Å²) >= 11 is 3.60. The van der Waals surface area contributed by atoms with Crippen molar-refractivity contribution in [1.29, 1.82) is 0 Å². The first-order valence-corrected chi connectivity index (χ1v) is 7.11. The Morgan fingerprint density at radius 1 is 0.900 bits per heavy atom. The lowest BCUT2D eigenvalue weighted by Gasteiger charge is -2.10. The van der Waals surface area contributed by atoms with Gasteiger partial charge in [-0.3, -0.25) is 0 Å². The molecule has 0 atom stereocenters. The molecule has 0 heterocycles. The maximum atomic E-state index is 9.26. The van der Waals surface area contributed by atoms with Crippen LogP contribution in [0.1, 0.15) is 5.56 Å². The minimum atomic E-state index is 0.264. The molecular formula is C17H13BrO2. The minimum Gasteiger partial charge on any atom is -0.508 e. The van der Waals surface area contributed by atoms with E-state index in [4.69, 9.17) is 4.74 Å². The maximum absolute atomic E-state index is 9.26. The Labute approximate surface area is 125 Å². The third kappa shape index (κ3) is 2.63. The molecule has 3 aromatic rings. The lowest BCUT2D eigenvalue weighted by Crippen LogP contribution is -1.96. The number of phenolic OH excluding ortho intramolecular Hbond substituents is 1. The Kier molecular flexibility index (Phi) is 3.61. The second-order valence-electron chi connectivity index (χ2n) is 4.55. The molecular weight excluding hydrogens is 316 g/mol. The van der Waals surface area contributed by atoms with Gasteiger partial charge in [0, 0.05) is 0 Å². The van der Waals surface area contributed by atoms with Crippen LogP contribution in [0, 0.1) is 0 Å².